The van der Waals surface area contributed by atoms with Crippen LogP contribution in [0.5, 0.6) is 5.75 Å². The maximum absolute atomic E-state index is 12.5. The number of nitrogens with zero attached hydrogens (tertiary/aromatic N) is 4. The van der Waals surface area contributed by atoms with Gasteiger partial charge in [0, 0.05) is 26.0 Å². The van der Waals surface area contributed by atoms with Crippen LogP contribution in [-0.2, 0) is 20.1 Å². The third-order valence-electron chi connectivity index (χ3n) is 4.76. The summed E-state index contributed by atoms with van der Waals surface area (Å²) >= 11 is 0. The molecule has 4 rings (SSSR count). The summed E-state index contributed by atoms with van der Waals surface area (Å²) in [7, 11) is 1.53. The van der Waals surface area contributed by atoms with E-state index in [-0.39, 0.29) is 24.3 Å². The van der Waals surface area contributed by atoms with Gasteiger partial charge < -0.3 is 19.7 Å². The lowest BCUT2D eigenvalue weighted by atomic mass is 10.3. The van der Waals surface area contributed by atoms with Gasteiger partial charge in [-0.05, 0) is 23.8 Å². The Morgan fingerprint density at radius 3 is 2.74 bits per heavy atom. The van der Waals surface area contributed by atoms with Crippen molar-refractivity contribution < 1.29 is 9.84 Å². The van der Waals surface area contributed by atoms with Crippen molar-refractivity contribution in [3.05, 3.63) is 81.3 Å². The Labute approximate surface area is 176 Å². The SMILES string of the molecule is Cn1c(=O)[nH]c(=O)c2c1nc(NCc1cccnc1)n2C[C@@H](O)COc1ccccc1. The molecule has 0 saturated heterocycles. The molecule has 0 aliphatic carbocycles. The van der Waals surface area contributed by atoms with E-state index in [1.54, 1.807) is 29.1 Å². The third kappa shape index (κ3) is 4.48. The lowest BCUT2D eigenvalue weighted by Gasteiger charge is -2.16. The second kappa shape index (κ2) is 8.84. The number of H-pyrrole nitrogens is 1. The molecule has 3 heterocycles. The Morgan fingerprint density at radius 1 is 1.19 bits per heavy atom. The summed E-state index contributed by atoms with van der Waals surface area (Å²) < 4.78 is 8.44. The van der Waals surface area contributed by atoms with Crippen molar-refractivity contribution in [2.75, 3.05) is 11.9 Å². The molecule has 0 fully saturated rings. The lowest BCUT2D eigenvalue weighted by Crippen LogP contribution is -2.30. The van der Waals surface area contributed by atoms with Crippen LogP contribution in [0.1, 0.15) is 5.56 Å². The number of aliphatic hydroxyl groups is 1. The van der Waals surface area contributed by atoms with Crippen molar-refractivity contribution in [3.63, 3.8) is 0 Å². The number of aromatic amines is 1. The Kier molecular flexibility index (Phi) is 5.80. The Morgan fingerprint density at radius 2 is 2.00 bits per heavy atom. The van der Waals surface area contributed by atoms with Crippen molar-refractivity contribution in [2.24, 2.45) is 7.05 Å². The number of ether oxygens (including phenoxy) is 1. The van der Waals surface area contributed by atoms with Gasteiger partial charge in [0.05, 0.1) is 6.54 Å². The van der Waals surface area contributed by atoms with Gasteiger partial charge in [0.2, 0.25) is 5.95 Å². The highest BCUT2D eigenvalue weighted by atomic mass is 16.5. The maximum Gasteiger partial charge on any atom is 0.329 e. The first-order chi connectivity index (χ1) is 15.0. The number of aliphatic hydroxyl groups excluding tert-OH is 1. The van der Waals surface area contributed by atoms with E-state index in [2.05, 4.69) is 20.3 Å². The van der Waals surface area contributed by atoms with Gasteiger partial charge in [-0.2, -0.15) is 4.98 Å². The van der Waals surface area contributed by atoms with Gasteiger partial charge in [-0.15, -0.1) is 0 Å². The largest absolute Gasteiger partial charge is 0.491 e. The quantitative estimate of drug-likeness (QED) is 0.384. The first-order valence-corrected chi connectivity index (χ1v) is 9.71. The zero-order valence-corrected chi connectivity index (χ0v) is 16.9. The predicted molar refractivity (Wildman–Crippen MR) is 115 cm³/mol. The van der Waals surface area contributed by atoms with Gasteiger partial charge in [-0.1, -0.05) is 24.3 Å². The van der Waals surface area contributed by atoms with Crippen LogP contribution in [-0.4, -0.2) is 41.9 Å². The van der Waals surface area contributed by atoms with Crippen molar-refractivity contribution >= 4 is 17.1 Å². The molecule has 0 saturated carbocycles. The van der Waals surface area contributed by atoms with Gasteiger partial charge in [0.25, 0.3) is 5.56 Å². The number of benzene rings is 1. The number of aryl methyl sites for hydroxylation is 1. The number of imidazole rings is 1. The van der Waals surface area contributed by atoms with E-state index in [1.165, 1.54) is 11.6 Å². The number of pyridine rings is 1. The summed E-state index contributed by atoms with van der Waals surface area (Å²) in [4.78, 5) is 35.3. The molecule has 0 aliphatic rings. The van der Waals surface area contributed by atoms with E-state index < -0.39 is 17.4 Å². The first kappa shape index (κ1) is 20.4. The summed E-state index contributed by atoms with van der Waals surface area (Å²) in [5.74, 6) is 0.983. The molecule has 3 N–H and O–H groups in total. The number of para-hydroxylation sites is 1. The molecule has 31 heavy (non-hydrogen) atoms. The topological polar surface area (TPSA) is 127 Å². The first-order valence-electron chi connectivity index (χ1n) is 9.71. The van der Waals surface area contributed by atoms with Crippen LogP contribution in [0.15, 0.2) is 64.4 Å². The fourth-order valence-corrected chi connectivity index (χ4v) is 3.20. The van der Waals surface area contributed by atoms with E-state index in [9.17, 15) is 14.7 Å². The molecule has 0 bridgehead atoms. The fraction of sp³-hybridized carbons (Fsp3) is 0.238. The second-order valence-corrected chi connectivity index (χ2v) is 7.03. The number of hydrogen-bond acceptors (Lipinski definition) is 7. The number of fused-ring (bicyclic) bond motifs is 1. The molecular weight excluding hydrogens is 400 g/mol. The zero-order chi connectivity index (χ0) is 21.8. The molecule has 0 radical (unpaired) electrons. The van der Waals surface area contributed by atoms with Gasteiger partial charge in [-0.3, -0.25) is 19.3 Å². The second-order valence-electron chi connectivity index (χ2n) is 7.03. The van der Waals surface area contributed by atoms with E-state index in [0.717, 1.165) is 5.56 Å². The minimum atomic E-state index is -0.923. The van der Waals surface area contributed by atoms with Gasteiger partial charge in [-0.25, -0.2) is 4.79 Å². The molecule has 1 atom stereocenters. The van der Waals surface area contributed by atoms with Crippen molar-refractivity contribution in [1.82, 2.24) is 24.1 Å². The minimum Gasteiger partial charge on any atom is -0.491 e. The highest BCUT2D eigenvalue weighted by Gasteiger charge is 2.20. The molecule has 10 heteroatoms. The summed E-state index contributed by atoms with van der Waals surface area (Å²) in [6.07, 6.45) is 2.47. The molecule has 10 nitrogen and oxygen atoms in total. The van der Waals surface area contributed by atoms with E-state index in [1.807, 2.05) is 30.3 Å². The van der Waals surface area contributed by atoms with Crippen LogP contribution >= 0.6 is 0 Å². The van der Waals surface area contributed by atoms with Crippen LogP contribution in [0.2, 0.25) is 0 Å². The van der Waals surface area contributed by atoms with Crippen molar-refractivity contribution in [3.8, 4) is 5.75 Å². The van der Waals surface area contributed by atoms with Crippen molar-refractivity contribution in [1.29, 1.82) is 0 Å². The molecule has 0 amide bonds. The van der Waals surface area contributed by atoms with Crippen LogP contribution < -0.4 is 21.3 Å². The molecule has 0 spiro atoms. The number of aromatic nitrogens is 5. The molecule has 3 aromatic heterocycles. The lowest BCUT2D eigenvalue weighted by molar-refractivity contribution is 0.0938. The van der Waals surface area contributed by atoms with Gasteiger partial charge in [0.15, 0.2) is 11.2 Å². The van der Waals surface area contributed by atoms with E-state index in [0.29, 0.717) is 18.2 Å². The predicted octanol–water partition coefficient (Wildman–Crippen LogP) is 0.870. The Hall–Kier alpha value is -3.92. The zero-order valence-electron chi connectivity index (χ0n) is 16.9. The van der Waals surface area contributed by atoms with Crippen LogP contribution in [0, 0.1) is 0 Å². The molecule has 1 aromatic carbocycles. The number of rotatable bonds is 8. The Balaban J connectivity index is 1.63. The van der Waals surface area contributed by atoms with Crippen LogP contribution in [0.4, 0.5) is 5.95 Å². The monoisotopic (exact) mass is 422 g/mol. The van der Waals surface area contributed by atoms with Crippen molar-refractivity contribution in [2.45, 2.75) is 19.2 Å². The maximum atomic E-state index is 12.5. The molecular formula is C21H22N6O4. The standard InChI is InChI=1S/C21H22N6O4/c1-26-18-17(19(29)25-21(26)30)27(12-15(28)13-31-16-7-3-2-4-8-16)20(24-18)23-11-14-6-5-9-22-10-14/h2-10,15,28H,11-13H2,1H3,(H,23,24)(H,25,29,30)/t15-/m1/s1. The molecule has 4 aromatic rings. The Bertz CT molecular complexity index is 1280. The molecule has 160 valence electrons. The number of nitrogens with one attached hydrogen (secondary N) is 2. The van der Waals surface area contributed by atoms with Crippen LogP contribution in [0.3, 0.4) is 0 Å². The van der Waals surface area contributed by atoms with E-state index in [4.69, 9.17) is 4.74 Å². The third-order valence-corrected chi connectivity index (χ3v) is 4.76. The summed E-state index contributed by atoms with van der Waals surface area (Å²) in [5.41, 5.74) is 0.190. The van der Waals surface area contributed by atoms with Gasteiger partial charge >= 0.3 is 5.69 Å². The summed E-state index contributed by atoms with van der Waals surface area (Å²) in [5, 5.41) is 13.7. The average Bonchev–Trinajstić information content (AvgIpc) is 3.15. The smallest absolute Gasteiger partial charge is 0.329 e. The summed E-state index contributed by atoms with van der Waals surface area (Å²) in [6.45, 7) is 0.467. The number of hydrogen-bond donors (Lipinski definition) is 3. The highest BCUT2D eigenvalue weighted by Crippen LogP contribution is 2.17. The van der Waals surface area contributed by atoms with E-state index >= 15 is 0 Å². The van der Waals surface area contributed by atoms with Crippen LogP contribution in [0.25, 0.3) is 11.2 Å². The number of anilines is 1. The highest BCUT2D eigenvalue weighted by molar-refractivity contribution is 5.74. The minimum absolute atomic E-state index is 0.0232. The molecule has 0 unspecified atom stereocenters. The summed E-state index contributed by atoms with van der Waals surface area (Å²) in [6, 6.07) is 12.9. The normalized spacial score (nSPS) is 12.1. The molecule has 0 aliphatic heterocycles. The average molecular weight is 422 g/mol. The van der Waals surface area contributed by atoms with Gasteiger partial charge in [0.1, 0.15) is 18.5 Å². The fourth-order valence-electron chi connectivity index (χ4n) is 3.20.